The third-order valence-electron chi connectivity index (χ3n) is 5.99. The molecule has 0 spiro atoms. The van der Waals surface area contributed by atoms with Crippen LogP contribution in [-0.4, -0.2) is 41.5 Å². The van der Waals surface area contributed by atoms with E-state index in [2.05, 4.69) is 38.8 Å². The van der Waals surface area contributed by atoms with E-state index < -0.39 is 21.7 Å². The number of alkyl halides is 2. The highest BCUT2D eigenvalue weighted by atomic mass is 127. The smallest absolute Gasteiger partial charge is 0.205 e. The van der Waals surface area contributed by atoms with E-state index in [1.165, 1.54) is 6.92 Å². The Balaban J connectivity index is 3.72. The van der Waals surface area contributed by atoms with E-state index >= 15 is 4.39 Å². The molecule has 7 unspecified atom stereocenters. The lowest BCUT2D eigenvalue weighted by atomic mass is 9.62. The summed E-state index contributed by atoms with van der Waals surface area (Å²) in [7, 11) is 2.91. The molecule has 23 heavy (non-hydrogen) atoms. The molecule has 1 saturated heterocycles. The minimum atomic E-state index is -2.13. The average Bonchev–Trinajstić information content (AvgIpc) is 2.35. The number of likely N-dealkylation sites (tertiary alicyclic amines) is 1. The van der Waals surface area contributed by atoms with E-state index in [1.54, 1.807) is 11.8 Å². The summed E-state index contributed by atoms with van der Waals surface area (Å²) in [6, 6.07) is -0.114. The number of rotatable bonds is 2. The molecule has 3 N–H and O–H groups in total. The maximum atomic E-state index is 16.1. The second-order valence-corrected chi connectivity index (χ2v) is 11.6. The van der Waals surface area contributed by atoms with Gasteiger partial charge in [-0.05, 0) is 46.0 Å². The van der Waals surface area contributed by atoms with E-state index in [4.69, 9.17) is 18.4 Å². The number of nitrogens with two attached hydrogens (primary N) is 1. The van der Waals surface area contributed by atoms with E-state index in [9.17, 15) is 5.11 Å². The van der Waals surface area contributed by atoms with Crippen molar-refractivity contribution in [1.82, 2.24) is 4.90 Å². The van der Waals surface area contributed by atoms with Gasteiger partial charge in [-0.15, -0.1) is 9.24 Å². The Kier molecular flexibility index (Phi) is 6.31. The molecular weight excluding hydrogens is 445 g/mol. The third kappa shape index (κ3) is 3.23. The minimum absolute atomic E-state index is 0.114. The first-order valence-electron chi connectivity index (χ1n) is 8.13. The quantitative estimate of drug-likeness (QED) is 0.141. The monoisotopic (exact) mass is 478 g/mol. The van der Waals surface area contributed by atoms with Gasteiger partial charge in [-0.1, -0.05) is 43.4 Å². The third-order valence-corrected chi connectivity index (χ3v) is 10.1. The van der Waals surface area contributed by atoms with Crippen LogP contribution in [0.4, 0.5) is 4.39 Å². The topological polar surface area (TPSA) is 49.5 Å². The summed E-state index contributed by atoms with van der Waals surface area (Å²) in [6.07, 6.45) is 1.51. The molecule has 1 heterocycles. The van der Waals surface area contributed by atoms with Crippen molar-refractivity contribution >= 4 is 44.5 Å². The second kappa shape index (κ2) is 6.49. The first kappa shape index (κ1) is 22.4. The first-order chi connectivity index (χ1) is 9.99. The summed E-state index contributed by atoms with van der Waals surface area (Å²) in [5.74, 6) is -2.13. The molecule has 0 aromatic carbocycles. The highest BCUT2D eigenvalue weighted by Gasteiger charge is 2.68. The van der Waals surface area contributed by atoms with Crippen molar-refractivity contribution in [2.24, 2.45) is 11.1 Å². The number of aliphatic hydroxyl groups is 1. The summed E-state index contributed by atoms with van der Waals surface area (Å²) in [6.45, 7) is 13.2. The second-order valence-electron chi connectivity index (χ2n) is 8.23. The van der Waals surface area contributed by atoms with Gasteiger partial charge in [0.1, 0.15) is 0 Å². The fourth-order valence-corrected chi connectivity index (χ4v) is 6.38. The predicted molar refractivity (Wildman–Crippen MR) is 112 cm³/mol. The minimum Gasteiger partial charge on any atom is -0.370 e. The molecule has 1 rings (SSSR count). The Morgan fingerprint density at radius 1 is 1.39 bits per heavy atom. The summed E-state index contributed by atoms with van der Waals surface area (Å²) < 4.78 is 14.8. The highest BCUT2D eigenvalue weighted by molar-refractivity contribution is 14.1. The van der Waals surface area contributed by atoms with Gasteiger partial charge in [0.05, 0.1) is 8.80 Å². The van der Waals surface area contributed by atoms with Crippen LogP contribution in [-0.2, 0) is 0 Å². The van der Waals surface area contributed by atoms with E-state index in [-0.39, 0.29) is 15.2 Å². The number of thiol groups is 1. The molecule has 138 valence electrons. The van der Waals surface area contributed by atoms with Crippen LogP contribution >= 0.6 is 44.5 Å². The van der Waals surface area contributed by atoms with Crippen LogP contribution in [0.15, 0.2) is 0 Å². The van der Waals surface area contributed by atoms with Gasteiger partial charge >= 0.3 is 0 Å². The summed E-state index contributed by atoms with van der Waals surface area (Å²) in [5, 5.41) is 10.9. The van der Waals surface area contributed by atoms with Gasteiger partial charge in [-0.2, -0.15) is 12.6 Å². The van der Waals surface area contributed by atoms with Gasteiger partial charge in [0.2, 0.25) is 5.79 Å². The normalized spacial score (nSPS) is 53.2. The van der Waals surface area contributed by atoms with Crippen molar-refractivity contribution < 1.29 is 9.50 Å². The largest absolute Gasteiger partial charge is 0.370 e. The standard InChI is InChI=1S/C16H33FIN2OPS/c1-8-12(4)9-13(5,22)11(18)20(10(2)3)15(7,17)16(19,21)14(12,6)23/h10-11,21,23H,8-9,19,22H2,1-7H3. The molecule has 0 aromatic rings. The van der Waals surface area contributed by atoms with E-state index in [1.807, 2.05) is 27.7 Å². The van der Waals surface area contributed by atoms with Crippen molar-refractivity contribution in [2.45, 2.75) is 92.8 Å². The van der Waals surface area contributed by atoms with Crippen LogP contribution < -0.4 is 5.73 Å². The van der Waals surface area contributed by atoms with E-state index in [0.717, 1.165) is 12.8 Å². The van der Waals surface area contributed by atoms with Gasteiger partial charge in [-0.25, -0.2) is 4.39 Å². The van der Waals surface area contributed by atoms with Gasteiger partial charge in [0.15, 0.2) is 5.72 Å². The lowest BCUT2D eigenvalue weighted by Crippen LogP contribution is -2.80. The lowest BCUT2D eigenvalue weighted by Gasteiger charge is -2.63. The molecule has 7 heteroatoms. The molecule has 0 saturated carbocycles. The molecule has 7 atom stereocenters. The van der Waals surface area contributed by atoms with Crippen molar-refractivity contribution in [3.8, 4) is 0 Å². The van der Waals surface area contributed by atoms with Crippen LogP contribution in [0.25, 0.3) is 0 Å². The fourth-order valence-electron chi connectivity index (χ4n) is 3.94. The number of halogens is 2. The van der Waals surface area contributed by atoms with Gasteiger partial charge < -0.3 is 5.11 Å². The Labute approximate surface area is 162 Å². The van der Waals surface area contributed by atoms with Gasteiger partial charge in [0.25, 0.3) is 0 Å². The summed E-state index contributed by atoms with van der Waals surface area (Å²) in [4.78, 5) is 1.68. The molecule has 3 nitrogen and oxygen atoms in total. The van der Waals surface area contributed by atoms with Crippen molar-refractivity contribution in [2.75, 3.05) is 0 Å². The molecule has 1 aliphatic heterocycles. The van der Waals surface area contributed by atoms with Crippen molar-refractivity contribution in [3.05, 3.63) is 0 Å². The van der Waals surface area contributed by atoms with Crippen LogP contribution in [0.3, 0.4) is 0 Å². The maximum absolute atomic E-state index is 16.1. The number of nitrogens with zero attached hydrogens (tertiary/aromatic N) is 1. The molecule has 0 radical (unpaired) electrons. The van der Waals surface area contributed by atoms with E-state index in [0.29, 0.717) is 0 Å². The number of hydrogen-bond acceptors (Lipinski definition) is 4. The zero-order chi connectivity index (χ0) is 18.6. The maximum Gasteiger partial charge on any atom is 0.205 e. The summed E-state index contributed by atoms with van der Waals surface area (Å²) in [5.41, 5.74) is 3.74. The van der Waals surface area contributed by atoms with Crippen LogP contribution in [0.2, 0.25) is 0 Å². The van der Waals surface area contributed by atoms with Crippen molar-refractivity contribution in [3.63, 3.8) is 0 Å². The molecule has 1 fully saturated rings. The zero-order valence-corrected chi connectivity index (χ0v) is 19.5. The SMILES string of the molecule is CCC1(C)CC(C)(P)C(I)N(C(C)C)C(C)(F)C(N)(O)C1(C)S. The first-order valence-corrected chi connectivity index (χ1v) is 10.4. The van der Waals surface area contributed by atoms with Gasteiger partial charge in [0, 0.05) is 11.2 Å². The molecular formula is C16H33FIN2OPS. The Morgan fingerprint density at radius 2 is 1.83 bits per heavy atom. The number of hydrogen-bond donors (Lipinski definition) is 3. The zero-order valence-electron chi connectivity index (χ0n) is 15.3. The fraction of sp³-hybridized carbons (Fsp3) is 1.00. The highest BCUT2D eigenvalue weighted by Crippen LogP contribution is 2.58. The Hall–Kier alpha value is 1.32. The Morgan fingerprint density at radius 3 is 2.17 bits per heavy atom. The van der Waals surface area contributed by atoms with Crippen molar-refractivity contribution in [1.29, 1.82) is 0 Å². The molecule has 1 aliphatic rings. The van der Waals surface area contributed by atoms with Crippen LogP contribution in [0.5, 0.6) is 0 Å². The molecule has 0 aromatic heterocycles. The Bertz CT molecular complexity index is 459. The predicted octanol–water partition coefficient (Wildman–Crippen LogP) is 3.93. The lowest BCUT2D eigenvalue weighted by molar-refractivity contribution is -0.227. The molecule has 0 aliphatic carbocycles. The molecule has 0 bridgehead atoms. The van der Waals surface area contributed by atoms with Crippen LogP contribution in [0.1, 0.15) is 61.3 Å². The average molecular weight is 478 g/mol. The van der Waals surface area contributed by atoms with Crippen LogP contribution in [0, 0.1) is 5.41 Å². The van der Waals surface area contributed by atoms with Gasteiger partial charge in [-0.3, -0.25) is 10.6 Å². The summed E-state index contributed by atoms with van der Waals surface area (Å²) >= 11 is 7.03. The molecule has 0 amide bonds.